The highest BCUT2D eigenvalue weighted by molar-refractivity contribution is 7.10. The third-order valence-corrected chi connectivity index (χ3v) is 14.8. The lowest BCUT2D eigenvalue weighted by Crippen LogP contribution is -2.49. The van der Waals surface area contributed by atoms with E-state index in [4.69, 9.17) is 31.0 Å². The first-order valence-electron chi connectivity index (χ1n) is 23.1. The number of hydrogen-bond donors (Lipinski definition) is 2. The lowest BCUT2D eigenvalue weighted by molar-refractivity contribution is -0.132. The van der Waals surface area contributed by atoms with Crippen LogP contribution in [-0.2, 0) is 14.4 Å². The number of halogens is 1. The number of carbonyl (C=O) groups excluding carboxylic acids is 5. The summed E-state index contributed by atoms with van der Waals surface area (Å²) in [7, 11) is 1.70. The molecule has 0 radical (unpaired) electrons. The second kappa shape index (κ2) is 20.8. The number of carbonyl (C=O) groups is 5. The lowest BCUT2D eigenvalue weighted by Gasteiger charge is -2.33. The average molecular weight is 934 g/mol. The normalized spacial score (nSPS) is 18.5. The molecule has 346 valence electrons. The maximum Gasteiger partial charge on any atom is 0.328 e. The van der Waals surface area contributed by atoms with Crippen molar-refractivity contribution in [2.24, 2.45) is 11.8 Å². The van der Waals surface area contributed by atoms with Crippen molar-refractivity contribution in [3.63, 3.8) is 0 Å². The molecule has 0 bridgehead atoms. The van der Waals surface area contributed by atoms with Gasteiger partial charge in [-0.3, -0.25) is 29.4 Å². The van der Waals surface area contributed by atoms with E-state index in [1.807, 2.05) is 36.1 Å². The standard InChI is InChI=1S/C51H57ClN6O7S/c1-30(47-26-37(29-66-47)38-10-6-8-12-45(38)65-32(3)59)53-49-40-27-39(46(64-4)28-42(40)54-31(2)55-49)34-13-15-35(16-14-34)44(60)11-7-5-9-33-19-22-57(23-20-33)50(62)36-17-18-41(52)43(25-36)58-24-21-48(61)56-51(58)63/h6,8,10,12,17-18,25-30,33-35H,5,7,9,11,13-16,19-24H2,1-4H3,(H,53,54,55)(H,56,61,63)/t30-,34?,35?/m1/s1. The number of fused-ring (bicyclic) bond motifs is 1. The number of nitrogens with zero attached hydrogens (tertiary/aromatic N) is 4. The molecule has 0 spiro atoms. The Morgan fingerprint density at radius 3 is 2.45 bits per heavy atom. The maximum atomic E-state index is 13.5. The zero-order chi connectivity index (χ0) is 46.5. The van der Waals surface area contributed by atoms with Gasteiger partial charge in [0.15, 0.2) is 0 Å². The second-order valence-corrected chi connectivity index (χ2v) is 19.2. The number of esters is 1. The fourth-order valence-electron chi connectivity index (χ4n) is 9.76. The van der Waals surface area contributed by atoms with Gasteiger partial charge in [-0.25, -0.2) is 14.8 Å². The van der Waals surface area contributed by atoms with Crippen LogP contribution in [0.3, 0.4) is 0 Å². The number of anilines is 2. The highest BCUT2D eigenvalue weighted by Gasteiger charge is 2.31. The Morgan fingerprint density at radius 1 is 0.939 bits per heavy atom. The number of para-hydroxylation sites is 1. The van der Waals surface area contributed by atoms with E-state index < -0.39 is 6.03 Å². The minimum Gasteiger partial charge on any atom is -0.496 e. The van der Waals surface area contributed by atoms with Crippen molar-refractivity contribution in [3.8, 4) is 22.6 Å². The van der Waals surface area contributed by atoms with Crippen LogP contribution in [-0.4, -0.2) is 71.2 Å². The first-order valence-corrected chi connectivity index (χ1v) is 24.3. The molecule has 66 heavy (non-hydrogen) atoms. The quantitative estimate of drug-likeness (QED) is 0.0587. The second-order valence-electron chi connectivity index (χ2n) is 17.8. The average Bonchev–Trinajstić information content (AvgIpc) is 3.81. The number of ether oxygens (including phenoxy) is 2. The molecule has 5 aromatic rings. The van der Waals surface area contributed by atoms with Crippen molar-refractivity contribution in [1.82, 2.24) is 20.2 Å². The highest BCUT2D eigenvalue weighted by atomic mass is 35.5. The van der Waals surface area contributed by atoms with Crippen LogP contribution in [0.2, 0.25) is 5.02 Å². The third-order valence-electron chi connectivity index (χ3n) is 13.4. The molecule has 3 aliphatic rings. The monoisotopic (exact) mass is 932 g/mol. The summed E-state index contributed by atoms with van der Waals surface area (Å²) in [6.07, 6.45) is 9.00. The van der Waals surface area contributed by atoms with Crippen LogP contribution in [0.25, 0.3) is 22.0 Å². The number of unbranched alkanes of at least 4 members (excludes halogenated alkanes) is 1. The van der Waals surface area contributed by atoms with Gasteiger partial charge in [-0.2, -0.15) is 0 Å². The van der Waals surface area contributed by atoms with E-state index in [0.717, 1.165) is 102 Å². The lowest BCUT2D eigenvalue weighted by atomic mass is 9.76. The van der Waals surface area contributed by atoms with Gasteiger partial charge in [0.25, 0.3) is 5.91 Å². The van der Waals surface area contributed by atoms with Gasteiger partial charge in [0, 0.05) is 72.8 Å². The molecule has 1 atom stereocenters. The van der Waals surface area contributed by atoms with Gasteiger partial charge in [-0.1, -0.05) is 42.6 Å². The van der Waals surface area contributed by atoms with Crippen LogP contribution in [0.4, 0.5) is 16.3 Å². The zero-order valence-corrected chi connectivity index (χ0v) is 39.6. The summed E-state index contributed by atoms with van der Waals surface area (Å²) in [6, 6.07) is 18.2. The van der Waals surface area contributed by atoms with E-state index in [1.54, 1.807) is 42.7 Å². The number of methoxy groups -OCH3 is 1. The van der Waals surface area contributed by atoms with Crippen LogP contribution < -0.4 is 25.0 Å². The summed E-state index contributed by atoms with van der Waals surface area (Å²) in [4.78, 5) is 76.8. The number of urea groups is 1. The van der Waals surface area contributed by atoms with Crippen molar-refractivity contribution in [2.75, 3.05) is 37.0 Å². The molecule has 2 aromatic heterocycles. The molecule has 2 saturated heterocycles. The summed E-state index contributed by atoms with van der Waals surface area (Å²) in [5.74, 6) is 3.16. The van der Waals surface area contributed by atoms with Crippen LogP contribution in [0.5, 0.6) is 11.5 Å². The maximum absolute atomic E-state index is 13.5. The zero-order valence-electron chi connectivity index (χ0n) is 38.0. The summed E-state index contributed by atoms with van der Waals surface area (Å²) in [5, 5.41) is 9.32. The molecule has 1 saturated carbocycles. The summed E-state index contributed by atoms with van der Waals surface area (Å²) >= 11 is 8.04. The van der Waals surface area contributed by atoms with Gasteiger partial charge in [0.2, 0.25) is 5.91 Å². The Morgan fingerprint density at radius 2 is 1.71 bits per heavy atom. The molecule has 3 aromatic carbocycles. The SMILES string of the molecule is COc1cc2nc(C)nc(N[C@H](C)c3cc(-c4ccccc4OC(C)=O)cs3)c2cc1C1CCC(C(=O)CCCCC2CCN(C(=O)c3ccc(Cl)c(N4CCC(=O)NC4=O)c3)CC2)CC1. The summed E-state index contributed by atoms with van der Waals surface area (Å²) < 4.78 is 11.4. The Hall–Kier alpha value is -5.86. The van der Waals surface area contributed by atoms with Gasteiger partial charge < -0.3 is 19.7 Å². The number of piperidine rings is 1. The number of rotatable bonds is 15. The number of Topliss-reactive ketones (excluding diaryl/α,β-unsaturated/α-hetero) is 1. The molecule has 2 N–H and O–H groups in total. The number of nitrogens with one attached hydrogen (secondary N) is 2. The van der Waals surface area contributed by atoms with Crippen molar-refractivity contribution in [1.29, 1.82) is 0 Å². The highest BCUT2D eigenvalue weighted by Crippen LogP contribution is 2.43. The van der Waals surface area contributed by atoms with Crippen molar-refractivity contribution >= 4 is 74.9 Å². The van der Waals surface area contributed by atoms with E-state index >= 15 is 0 Å². The first kappa shape index (κ1) is 46.7. The summed E-state index contributed by atoms with van der Waals surface area (Å²) in [5.41, 5.74) is 4.65. The number of ketones is 1. The van der Waals surface area contributed by atoms with Gasteiger partial charge >= 0.3 is 12.0 Å². The number of aromatic nitrogens is 2. The van der Waals surface area contributed by atoms with E-state index in [0.29, 0.717) is 59.1 Å². The van der Waals surface area contributed by atoms with E-state index in [1.165, 1.54) is 11.8 Å². The fourth-order valence-corrected chi connectivity index (χ4v) is 10.9. The third kappa shape index (κ3) is 10.7. The minimum atomic E-state index is -0.541. The number of aryl methyl sites for hydroxylation is 1. The molecule has 13 nitrogen and oxygen atoms in total. The molecule has 8 rings (SSSR count). The molecule has 0 unspecified atom stereocenters. The number of imide groups is 1. The molecule has 4 heterocycles. The number of likely N-dealkylation sites (tertiary alicyclic amines) is 1. The van der Waals surface area contributed by atoms with Gasteiger partial charge in [0.05, 0.1) is 29.4 Å². The number of benzene rings is 3. The number of amides is 4. The molecule has 2 aliphatic heterocycles. The molecule has 1 aliphatic carbocycles. The van der Waals surface area contributed by atoms with Gasteiger partial charge in [-0.05, 0) is 124 Å². The van der Waals surface area contributed by atoms with Crippen LogP contribution in [0.15, 0.2) is 66.0 Å². The van der Waals surface area contributed by atoms with Crippen molar-refractivity contribution in [3.05, 3.63) is 92.9 Å². The van der Waals surface area contributed by atoms with Gasteiger partial charge in [-0.15, -0.1) is 11.3 Å². The van der Waals surface area contributed by atoms with Crippen LogP contribution in [0, 0.1) is 18.8 Å². The topological polar surface area (TPSA) is 160 Å². The first-order chi connectivity index (χ1) is 31.8. The van der Waals surface area contributed by atoms with Crippen molar-refractivity contribution in [2.45, 2.75) is 103 Å². The largest absolute Gasteiger partial charge is 0.496 e. The predicted molar refractivity (Wildman–Crippen MR) is 258 cm³/mol. The van der Waals surface area contributed by atoms with E-state index in [9.17, 15) is 24.0 Å². The number of hydrogen-bond acceptors (Lipinski definition) is 11. The Kier molecular flexibility index (Phi) is 14.7. The molecule has 15 heteroatoms. The molecule has 4 amide bonds. The van der Waals surface area contributed by atoms with Crippen molar-refractivity contribution < 1.29 is 33.4 Å². The molecular formula is C51H57ClN6O7S. The fraction of sp³-hybridized carbons (Fsp3) is 0.431. The molecule has 3 fully saturated rings. The Balaban J connectivity index is 0.814. The predicted octanol–water partition coefficient (Wildman–Crippen LogP) is 10.8. The smallest absolute Gasteiger partial charge is 0.328 e. The minimum absolute atomic E-state index is 0.0670. The van der Waals surface area contributed by atoms with E-state index in [2.05, 4.69) is 35.1 Å². The Labute approximate surface area is 394 Å². The Bertz CT molecular complexity index is 2640. The van der Waals surface area contributed by atoms with Crippen LogP contribution >= 0.6 is 22.9 Å². The van der Waals surface area contributed by atoms with E-state index in [-0.39, 0.29) is 48.6 Å². The van der Waals surface area contributed by atoms with Gasteiger partial charge in [0.1, 0.15) is 28.9 Å². The molecular weight excluding hydrogens is 876 g/mol. The number of thiophene rings is 1. The van der Waals surface area contributed by atoms with Crippen LogP contribution in [0.1, 0.15) is 123 Å². The summed E-state index contributed by atoms with van der Waals surface area (Å²) in [6.45, 7) is 6.92.